The number of carbonyl (C=O) groups excluding carboxylic acids is 1. The molecule has 0 aliphatic rings. The topological polar surface area (TPSA) is 48.4 Å². The minimum Gasteiger partial charge on any atom is -0.476 e. The Morgan fingerprint density at radius 1 is 0.964 bits per heavy atom. The average molecular weight is 396 g/mol. The summed E-state index contributed by atoms with van der Waals surface area (Å²) in [6.45, 7) is 3.56. The maximum atomic E-state index is 12.4. The molecule has 0 bridgehead atoms. The van der Waals surface area contributed by atoms with Crippen molar-refractivity contribution in [2.45, 2.75) is 32.5 Å². The number of hydrogen-bond acceptors (Lipinski definition) is 4. The number of pyridine rings is 1. The van der Waals surface area contributed by atoms with E-state index in [1.165, 1.54) is 5.56 Å². The molecule has 4 nitrogen and oxygen atoms in total. The Bertz CT molecular complexity index is 907. The summed E-state index contributed by atoms with van der Waals surface area (Å²) < 4.78 is 11.2. The first kappa shape index (κ1) is 19.9. The molecule has 144 valence electrons. The quantitative estimate of drug-likeness (QED) is 0.514. The van der Waals surface area contributed by atoms with Crippen LogP contribution in [0.2, 0.25) is 5.02 Å². The van der Waals surface area contributed by atoms with Crippen molar-refractivity contribution in [1.82, 2.24) is 4.98 Å². The largest absolute Gasteiger partial charge is 0.476 e. The molecule has 0 unspecified atom stereocenters. The van der Waals surface area contributed by atoms with E-state index < -0.39 is 11.6 Å². The molecule has 0 radical (unpaired) electrons. The maximum Gasteiger partial charge on any atom is 0.350 e. The van der Waals surface area contributed by atoms with Gasteiger partial charge in [0.05, 0.1) is 0 Å². The van der Waals surface area contributed by atoms with E-state index in [1.807, 2.05) is 54.6 Å². The lowest BCUT2D eigenvalue weighted by Gasteiger charge is -2.24. The number of carbonyl (C=O) groups is 1. The molecule has 0 saturated heterocycles. The van der Waals surface area contributed by atoms with Crippen LogP contribution >= 0.6 is 11.6 Å². The van der Waals surface area contributed by atoms with Crippen molar-refractivity contribution in [2.75, 3.05) is 0 Å². The van der Waals surface area contributed by atoms with Gasteiger partial charge in [0, 0.05) is 23.0 Å². The van der Waals surface area contributed by atoms with Crippen LogP contribution in [0.1, 0.15) is 30.5 Å². The number of halogens is 1. The first-order valence-corrected chi connectivity index (χ1v) is 9.39. The highest BCUT2D eigenvalue weighted by molar-refractivity contribution is 6.30. The Kier molecular flexibility index (Phi) is 6.32. The predicted molar refractivity (Wildman–Crippen MR) is 109 cm³/mol. The zero-order chi connectivity index (χ0) is 20.0. The minimum atomic E-state index is -1.10. The van der Waals surface area contributed by atoms with Gasteiger partial charge >= 0.3 is 5.97 Å². The number of esters is 1. The second kappa shape index (κ2) is 8.89. The molecule has 0 aliphatic carbocycles. The smallest absolute Gasteiger partial charge is 0.350 e. The normalized spacial score (nSPS) is 11.1. The lowest BCUT2D eigenvalue weighted by atomic mass is 10.0. The van der Waals surface area contributed by atoms with Gasteiger partial charge in [-0.05, 0) is 61.7 Å². The number of ether oxygens (including phenoxy) is 2. The van der Waals surface area contributed by atoms with Crippen LogP contribution in [0.3, 0.4) is 0 Å². The van der Waals surface area contributed by atoms with Gasteiger partial charge < -0.3 is 9.47 Å². The summed E-state index contributed by atoms with van der Waals surface area (Å²) in [5.74, 6) is 0.185. The zero-order valence-corrected chi connectivity index (χ0v) is 16.6. The fourth-order valence-electron chi connectivity index (χ4n) is 2.66. The third-order valence-electron chi connectivity index (χ3n) is 4.20. The first-order valence-electron chi connectivity index (χ1n) is 9.01. The summed E-state index contributed by atoms with van der Waals surface area (Å²) in [5.41, 5.74) is 2.06. The average Bonchev–Trinajstić information content (AvgIpc) is 2.70. The van der Waals surface area contributed by atoms with Crippen molar-refractivity contribution in [3.8, 4) is 5.75 Å². The molecule has 0 N–H and O–H groups in total. The second-order valence-electron chi connectivity index (χ2n) is 7.00. The zero-order valence-electron chi connectivity index (χ0n) is 15.9. The van der Waals surface area contributed by atoms with Crippen molar-refractivity contribution in [3.05, 3.63) is 94.8 Å². The predicted octanol–water partition coefficient (Wildman–Crippen LogP) is 5.23. The molecular formula is C23H22ClNO3. The minimum absolute atomic E-state index is 0.166. The molecule has 0 atom stereocenters. The highest BCUT2D eigenvalue weighted by atomic mass is 35.5. The van der Waals surface area contributed by atoms with Crippen LogP contribution in [0, 0.1) is 0 Å². The van der Waals surface area contributed by atoms with E-state index in [0.29, 0.717) is 5.75 Å². The molecule has 0 aliphatic heterocycles. The maximum absolute atomic E-state index is 12.4. The Balaban J connectivity index is 1.57. The van der Waals surface area contributed by atoms with E-state index in [-0.39, 0.29) is 6.61 Å². The number of rotatable bonds is 7. The van der Waals surface area contributed by atoms with Crippen LogP contribution in [0.25, 0.3) is 0 Å². The summed E-state index contributed by atoms with van der Waals surface area (Å²) >= 11 is 5.92. The lowest BCUT2D eigenvalue weighted by molar-refractivity contribution is -0.160. The number of benzene rings is 2. The lowest BCUT2D eigenvalue weighted by Crippen LogP contribution is -2.39. The molecular weight excluding hydrogens is 374 g/mol. The van der Waals surface area contributed by atoms with Crippen LogP contribution < -0.4 is 4.74 Å². The van der Waals surface area contributed by atoms with Crippen LogP contribution in [0.5, 0.6) is 5.75 Å². The van der Waals surface area contributed by atoms with E-state index in [2.05, 4.69) is 4.98 Å². The number of nitrogens with zero attached hydrogens (tertiary/aromatic N) is 1. The highest BCUT2D eigenvalue weighted by Gasteiger charge is 2.32. The van der Waals surface area contributed by atoms with Gasteiger partial charge in [-0.15, -0.1) is 0 Å². The monoisotopic (exact) mass is 395 g/mol. The fraction of sp³-hybridized carbons (Fsp3) is 0.217. The Labute approximate surface area is 170 Å². The molecule has 0 saturated carbocycles. The summed E-state index contributed by atoms with van der Waals surface area (Å²) in [6.07, 6.45) is 4.14. The van der Waals surface area contributed by atoms with Crippen LogP contribution in [-0.4, -0.2) is 16.6 Å². The highest BCUT2D eigenvalue weighted by Crippen LogP contribution is 2.22. The molecule has 3 rings (SSSR count). The van der Waals surface area contributed by atoms with E-state index >= 15 is 0 Å². The molecule has 0 amide bonds. The fourth-order valence-corrected chi connectivity index (χ4v) is 2.78. The van der Waals surface area contributed by atoms with Gasteiger partial charge in [0.1, 0.15) is 12.4 Å². The van der Waals surface area contributed by atoms with Gasteiger partial charge in [0.15, 0.2) is 5.60 Å². The van der Waals surface area contributed by atoms with Crippen LogP contribution in [-0.2, 0) is 22.6 Å². The molecule has 1 heterocycles. The second-order valence-corrected chi connectivity index (χ2v) is 7.43. The summed E-state index contributed by atoms with van der Waals surface area (Å²) in [6, 6.07) is 19.1. The molecule has 2 aromatic carbocycles. The van der Waals surface area contributed by atoms with E-state index in [1.54, 1.807) is 32.3 Å². The van der Waals surface area contributed by atoms with Crippen molar-refractivity contribution < 1.29 is 14.3 Å². The number of aromatic nitrogens is 1. The third kappa shape index (κ3) is 5.57. The van der Waals surface area contributed by atoms with E-state index in [9.17, 15) is 4.79 Å². The molecule has 0 spiro atoms. The van der Waals surface area contributed by atoms with E-state index in [0.717, 1.165) is 22.6 Å². The van der Waals surface area contributed by atoms with Crippen LogP contribution in [0.15, 0.2) is 73.1 Å². The van der Waals surface area contributed by atoms with Crippen molar-refractivity contribution in [3.63, 3.8) is 0 Å². The van der Waals surface area contributed by atoms with Gasteiger partial charge in [0.2, 0.25) is 0 Å². The Hall–Kier alpha value is -2.85. The molecule has 3 aromatic rings. The summed E-state index contributed by atoms with van der Waals surface area (Å²) in [5, 5.41) is 0.727. The third-order valence-corrected chi connectivity index (χ3v) is 4.45. The van der Waals surface area contributed by atoms with Gasteiger partial charge in [-0.1, -0.05) is 41.9 Å². The standard InChI is InChI=1S/C23H22ClNO3/c1-23(2,22(26)27-16-19-4-3-13-25-15-19)28-21-11-7-18(8-12-21)14-17-5-9-20(24)10-6-17/h3-13,15H,14,16H2,1-2H3. The van der Waals surface area contributed by atoms with Crippen molar-refractivity contribution in [1.29, 1.82) is 0 Å². The molecule has 5 heteroatoms. The van der Waals surface area contributed by atoms with Crippen LogP contribution in [0.4, 0.5) is 0 Å². The van der Waals surface area contributed by atoms with Crippen molar-refractivity contribution >= 4 is 17.6 Å². The van der Waals surface area contributed by atoms with Gasteiger partial charge in [0.25, 0.3) is 0 Å². The molecule has 1 aromatic heterocycles. The van der Waals surface area contributed by atoms with Gasteiger partial charge in [-0.2, -0.15) is 0 Å². The first-order chi connectivity index (χ1) is 13.4. The summed E-state index contributed by atoms with van der Waals surface area (Å²) in [4.78, 5) is 16.4. The SMILES string of the molecule is CC(C)(Oc1ccc(Cc2ccc(Cl)cc2)cc1)C(=O)OCc1cccnc1. The van der Waals surface area contributed by atoms with Gasteiger partial charge in [-0.25, -0.2) is 4.79 Å². The summed E-state index contributed by atoms with van der Waals surface area (Å²) in [7, 11) is 0. The molecule has 0 fully saturated rings. The Morgan fingerprint density at radius 2 is 1.61 bits per heavy atom. The van der Waals surface area contributed by atoms with Crippen molar-refractivity contribution in [2.24, 2.45) is 0 Å². The Morgan fingerprint density at radius 3 is 2.21 bits per heavy atom. The van der Waals surface area contributed by atoms with Gasteiger partial charge in [-0.3, -0.25) is 4.98 Å². The molecule has 28 heavy (non-hydrogen) atoms. The van der Waals surface area contributed by atoms with E-state index in [4.69, 9.17) is 21.1 Å². The number of hydrogen-bond donors (Lipinski definition) is 0.